The summed E-state index contributed by atoms with van der Waals surface area (Å²) >= 11 is 1.51. The molecule has 106 valence electrons. The lowest BCUT2D eigenvalue weighted by molar-refractivity contribution is 0.0520. The van der Waals surface area contributed by atoms with Crippen LogP contribution < -0.4 is 4.90 Å². The lowest BCUT2D eigenvalue weighted by Gasteiger charge is -2.42. The number of aromatic nitrogens is 1. The molecule has 0 aliphatic carbocycles. The SMILES string of the molecule is CCOC(=O)c1csc(N2CC(C)N(C)C(C)C2)n1. The van der Waals surface area contributed by atoms with E-state index in [1.54, 1.807) is 12.3 Å². The molecule has 5 nitrogen and oxygen atoms in total. The molecule has 0 spiro atoms. The smallest absolute Gasteiger partial charge is 0.357 e. The first kappa shape index (κ1) is 14.3. The van der Waals surface area contributed by atoms with Crippen LogP contribution in [0, 0.1) is 0 Å². The summed E-state index contributed by atoms with van der Waals surface area (Å²) in [6.45, 7) is 8.49. The summed E-state index contributed by atoms with van der Waals surface area (Å²) in [5, 5.41) is 2.69. The summed E-state index contributed by atoms with van der Waals surface area (Å²) in [4.78, 5) is 20.6. The Morgan fingerprint density at radius 3 is 2.68 bits per heavy atom. The van der Waals surface area contributed by atoms with Crippen molar-refractivity contribution in [3.05, 3.63) is 11.1 Å². The number of carbonyl (C=O) groups is 1. The maximum atomic E-state index is 11.6. The van der Waals surface area contributed by atoms with Gasteiger partial charge in [-0.15, -0.1) is 11.3 Å². The van der Waals surface area contributed by atoms with E-state index in [1.165, 1.54) is 11.3 Å². The van der Waals surface area contributed by atoms with E-state index in [9.17, 15) is 4.79 Å². The highest BCUT2D eigenvalue weighted by Gasteiger charge is 2.28. The van der Waals surface area contributed by atoms with Crippen molar-refractivity contribution in [2.45, 2.75) is 32.9 Å². The first-order valence-electron chi connectivity index (χ1n) is 6.62. The summed E-state index contributed by atoms with van der Waals surface area (Å²) < 4.78 is 4.97. The van der Waals surface area contributed by atoms with E-state index in [4.69, 9.17) is 4.74 Å². The van der Waals surface area contributed by atoms with E-state index in [1.807, 2.05) is 0 Å². The van der Waals surface area contributed by atoms with E-state index >= 15 is 0 Å². The third-order valence-electron chi connectivity index (χ3n) is 3.61. The first-order valence-corrected chi connectivity index (χ1v) is 7.50. The van der Waals surface area contributed by atoms with Gasteiger partial charge in [0.1, 0.15) is 0 Å². The van der Waals surface area contributed by atoms with Gasteiger partial charge in [0.25, 0.3) is 0 Å². The van der Waals surface area contributed by atoms with Gasteiger partial charge in [0.05, 0.1) is 6.61 Å². The molecule has 1 aliphatic rings. The molecule has 0 saturated carbocycles. The van der Waals surface area contributed by atoms with Gasteiger partial charge in [-0.25, -0.2) is 9.78 Å². The van der Waals surface area contributed by atoms with E-state index in [0.717, 1.165) is 18.2 Å². The number of rotatable bonds is 3. The molecule has 19 heavy (non-hydrogen) atoms. The largest absolute Gasteiger partial charge is 0.461 e. The fourth-order valence-corrected chi connectivity index (χ4v) is 3.08. The quantitative estimate of drug-likeness (QED) is 0.792. The molecule has 2 rings (SSSR count). The molecule has 1 saturated heterocycles. The first-order chi connectivity index (χ1) is 9.02. The Bertz CT molecular complexity index is 437. The monoisotopic (exact) mass is 283 g/mol. The highest BCUT2D eigenvalue weighted by atomic mass is 32.1. The molecule has 2 unspecified atom stereocenters. The van der Waals surface area contributed by atoms with Crippen molar-refractivity contribution in [2.75, 3.05) is 31.6 Å². The molecular weight excluding hydrogens is 262 g/mol. The van der Waals surface area contributed by atoms with Crippen molar-refractivity contribution >= 4 is 22.4 Å². The van der Waals surface area contributed by atoms with Crippen molar-refractivity contribution in [3.63, 3.8) is 0 Å². The number of likely N-dealkylation sites (N-methyl/N-ethyl adjacent to an activating group) is 1. The summed E-state index contributed by atoms with van der Waals surface area (Å²) in [5.74, 6) is -0.333. The van der Waals surface area contributed by atoms with Crippen LogP contribution in [0.5, 0.6) is 0 Å². The Labute approximate surface area is 118 Å². The second-order valence-corrected chi connectivity index (χ2v) is 5.84. The molecule has 1 aliphatic heterocycles. The number of piperazine rings is 1. The molecule has 2 atom stereocenters. The fraction of sp³-hybridized carbons (Fsp3) is 0.692. The zero-order valence-electron chi connectivity index (χ0n) is 11.9. The van der Waals surface area contributed by atoms with E-state index in [2.05, 4.69) is 35.7 Å². The van der Waals surface area contributed by atoms with E-state index in [0.29, 0.717) is 24.4 Å². The number of anilines is 1. The number of thiazole rings is 1. The topological polar surface area (TPSA) is 45.7 Å². The molecule has 0 N–H and O–H groups in total. The van der Waals surface area contributed by atoms with Gasteiger partial charge >= 0.3 is 5.97 Å². The minimum Gasteiger partial charge on any atom is -0.461 e. The van der Waals surface area contributed by atoms with Gasteiger partial charge in [0.15, 0.2) is 10.8 Å². The van der Waals surface area contributed by atoms with Gasteiger partial charge in [0, 0.05) is 30.6 Å². The maximum absolute atomic E-state index is 11.6. The third kappa shape index (κ3) is 3.06. The van der Waals surface area contributed by atoms with Gasteiger partial charge in [-0.05, 0) is 27.8 Å². The summed E-state index contributed by atoms with van der Waals surface area (Å²) in [7, 11) is 2.15. The maximum Gasteiger partial charge on any atom is 0.357 e. The summed E-state index contributed by atoms with van der Waals surface area (Å²) in [5.41, 5.74) is 0.418. The number of carbonyl (C=O) groups excluding carboxylic acids is 1. The van der Waals surface area contributed by atoms with E-state index in [-0.39, 0.29) is 5.97 Å². The van der Waals surface area contributed by atoms with Crippen LogP contribution in [0.3, 0.4) is 0 Å². The van der Waals surface area contributed by atoms with Gasteiger partial charge in [-0.1, -0.05) is 0 Å². The third-order valence-corrected chi connectivity index (χ3v) is 4.51. The summed E-state index contributed by atoms with van der Waals surface area (Å²) in [6.07, 6.45) is 0. The van der Waals surface area contributed by atoms with Crippen LogP contribution in [0.2, 0.25) is 0 Å². The van der Waals surface area contributed by atoms with Crippen LogP contribution in [-0.4, -0.2) is 54.7 Å². The van der Waals surface area contributed by atoms with Gasteiger partial charge in [0.2, 0.25) is 0 Å². The van der Waals surface area contributed by atoms with Crippen molar-refractivity contribution in [2.24, 2.45) is 0 Å². The second kappa shape index (κ2) is 5.88. The van der Waals surface area contributed by atoms with Gasteiger partial charge in [-0.2, -0.15) is 0 Å². The van der Waals surface area contributed by atoms with Crippen LogP contribution in [0.4, 0.5) is 5.13 Å². The number of hydrogen-bond acceptors (Lipinski definition) is 6. The average molecular weight is 283 g/mol. The normalized spacial score (nSPS) is 24.5. The van der Waals surface area contributed by atoms with Crippen molar-refractivity contribution in [1.82, 2.24) is 9.88 Å². The molecule has 0 bridgehead atoms. The molecule has 6 heteroatoms. The Morgan fingerprint density at radius 2 is 2.11 bits per heavy atom. The van der Waals surface area contributed by atoms with Crippen LogP contribution in [-0.2, 0) is 4.74 Å². The molecule has 0 radical (unpaired) electrons. The van der Waals surface area contributed by atoms with Crippen LogP contribution in [0.1, 0.15) is 31.3 Å². The number of esters is 1. The highest BCUT2D eigenvalue weighted by molar-refractivity contribution is 7.13. The molecule has 1 fully saturated rings. The second-order valence-electron chi connectivity index (χ2n) is 5.00. The Balaban J connectivity index is 2.08. The molecule has 1 aromatic rings. The zero-order chi connectivity index (χ0) is 14.0. The number of ether oxygens (including phenoxy) is 1. The van der Waals surface area contributed by atoms with Crippen LogP contribution >= 0.6 is 11.3 Å². The molecule has 0 aromatic carbocycles. The zero-order valence-corrected chi connectivity index (χ0v) is 12.7. The van der Waals surface area contributed by atoms with Crippen molar-refractivity contribution < 1.29 is 9.53 Å². The molecule has 2 heterocycles. The lowest BCUT2D eigenvalue weighted by atomic mass is 10.1. The average Bonchev–Trinajstić information content (AvgIpc) is 2.85. The van der Waals surface area contributed by atoms with E-state index < -0.39 is 0 Å². The molecule has 0 amide bonds. The minimum atomic E-state index is -0.333. The van der Waals surface area contributed by atoms with Gasteiger partial charge in [-0.3, -0.25) is 4.90 Å². The molecular formula is C13H21N3O2S. The Morgan fingerprint density at radius 1 is 1.47 bits per heavy atom. The standard InChI is InChI=1S/C13H21N3O2S/c1-5-18-12(17)11-8-19-13(14-11)16-6-9(2)15(4)10(3)7-16/h8-10H,5-7H2,1-4H3. The van der Waals surface area contributed by atoms with Gasteiger partial charge < -0.3 is 9.64 Å². The molecule has 1 aromatic heterocycles. The number of hydrogen-bond donors (Lipinski definition) is 0. The lowest BCUT2D eigenvalue weighted by Crippen LogP contribution is -2.55. The Kier molecular flexibility index (Phi) is 4.42. The summed E-state index contributed by atoms with van der Waals surface area (Å²) in [6, 6.07) is 0.970. The number of nitrogens with zero attached hydrogens (tertiary/aromatic N) is 3. The Hall–Kier alpha value is -1.14. The highest BCUT2D eigenvalue weighted by Crippen LogP contribution is 2.25. The van der Waals surface area contributed by atoms with Crippen molar-refractivity contribution in [1.29, 1.82) is 0 Å². The predicted molar refractivity (Wildman–Crippen MR) is 77.0 cm³/mol. The fourth-order valence-electron chi connectivity index (χ4n) is 2.27. The minimum absolute atomic E-state index is 0.333. The van der Waals surface area contributed by atoms with Crippen molar-refractivity contribution in [3.8, 4) is 0 Å². The van der Waals surface area contributed by atoms with Crippen LogP contribution in [0.25, 0.3) is 0 Å². The predicted octanol–water partition coefficient (Wildman–Crippen LogP) is 1.85. The van der Waals surface area contributed by atoms with Crippen LogP contribution in [0.15, 0.2) is 5.38 Å².